The number of imidazole rings is 1. The second kappa shape index (κ2) is 7.10. The molecular weight excluding hydrogens is 376 g/mol. The van der Waals surface area contributed by atoms with Crippen LogP contribution in [-0.4, -0.2) is 20.5 Å². The van der Waals surface area contributed by atoms with Gasteiger partial charge in [0.05, 0.1) is 10.7 Å². The minimum Gasteiger partial charge on any atom is -0.337 e. The first-order valence-electron chi connectivity index (χ1n) is 8.46. The summed E-state index contributed by atoms with van der Waals surface area (Å²) in [4.78, 5) is 15.9. The molecule has 4 rings (SSSR count). The van der Waals surface area contributed by atoms with Crippen LogP contribution in [0.2, 0.25) is 5.02 Å². The zero-order chi connectivity index (χ0) is 19.7. The molecule has 0 fully saturated rings. The van der Waals surface area contributed by atoms with Gasteiger partial charge in [-0.25, -0.2) is 9.50 Å². The van der Waals surface area contributed by atoms with Gasteiger partial charge in [-0.2, -0.15) is 5.26 Å². The summed E-state index contributed by atoms with van der Waals surface area (Å²) in [5.74, 6) is 0.514. The second-order valence-corrected chi connectivity index (χ2v) is 6.54. The molecule has 0 saturated heterocycles. The number of halogens is 1. The Kier molecular flexibility index (Phi) is 4.47. The maximum absolute atomic E-state index is 11.2. The van der Waals surface area contributed by atoms with Crippen LogP contribution >= 0.6 is 11.6 Å². The number of aromatic amines is 1. The topological polar surface area (TPSA) is 98.0 Å². The van der Waals surface area contributed by atoms with E-state index in [2.05, 4.69) is 26.8 Å². The van der Waals surface area contributed by atoms with E-state index in [1.54, 1.807) is 28.9 Å². The van der Waals surface area contributed by atoms with Gasteiger partial charge in [0, 0.05) is 24.4 Å². The molecule has 1 amide bonds. The lowest BCUT2D eigenvalue weighted by molar-refractivity contribution is -0.114. The maximum Gasteiger partial charge on any atom is 0.221 e. The van der Waals surface area contributed by atoms with Crippen LogP contribution in [0.1, 0.15) is 12.5 Å². The van der Waals surface area contributed by atoms with Gasteiger partial charge in [0.25, 0.3) is 0 Å². The molecule has 7 nitrogen and oxygen atoms in total. The first kappa shape index (κ1) is 17.6. The number of hydrogen-bond donors (Lipinski definition) is 3. The van der Waals surface area contributed by atoms with E-state index >= 15 is 0 Å². The van der Waals surface area contributed by atoms with Crippen LogP contribution in [0.4, 0.5) is 17.2 Å². The number of carbonyl (C=O) groups is 1. The zero-order valence-electron chi connectivity index (χ0n) is 14.8. The predicted molar refractivity (Wildman–Crippen MR) is 109 cm³/mol. The number of anilines is 3. The van der Waals surface area contributed by atoms with Gasteiger partial charge in [-0.05, 0) is 24.3 Å². The first-order chi connectivity index (χ1) is 13.6. The number of rotatable bonds is 4. The Bertz CT molecular complexity index is 1220. The number of aromatic nitrogens is 3. The average molecular weight is 391 g/mol. The van der Waals surface area contributed by atoms with Crippen LogP contribution in [0.3, 0.4) is 0 Å². The lowest BCUT2D eigenvalue weighted by atomic mass is 10.1. The normalized spacial score (nSPS) is 10.6. The summed E-state index contributed by atoms with van der Waals surface area (Å²) in [7, 11) is 0. The summed E-state index contributed by atoms with van der Waals surface area (Å²) >= 11 is 6.30. The molecule has 0 radical (unpaired) electrons. The van der Waals surface area contributed by atoms with Crippen LogP contribution in [0.15, 0.2) is 54.7 Å². The Balaban J connectivity index is 1.83. The monoisotopic (exact) mass is 390 g/mol. The minimum atomic E-state index is -0.136. The van der Waals surface area contributed by atoms with E-state index in [1.165, 1.54) is 6.92 Å². The molecule has 0 unspecified atom stereocenters. The largest absolute Gasteiger partial charge is 0.337 e. The van der Waals surface area contributed by atoms with E-state index in [-0.39, 0.29) is 5.91 Å². The van der Waals surface area contributed by atoms with Gasteiger partial charge in [-0.3, -0.25) is 9.89 Å². The highest BCUT2D eigenvalue weighted by Crippen LogP contribution is 2.34. The molecule has 2 aromatic carbocycles. The van der Waals surface area contributed by atoms with Crippen LogP contribution in [0.5, 0.6) is 0 Å². The lowest BCUT2D eigenvalue weighted by Crippen LogP contribution is -2.05. The van der Waals surface area contributed by atoms with Crippen LogP contribution in [0.25, 0.3) is 16.9 Å². The van der Waals surface area contributed by atoms with E-state index < -0.39 is 0 Å². The summed E-state index contributed by atoms with van der Waals surface area (Å²) in [5.41, 5.74) is 3.83. The van der Waals surface area contributed by atoms with Crippen molar-refractivity contribution >= 4 is 40.3 Å². The Hall–Kier alpha value is -3.76. The molecule has 2 aromatic heterocycles. The van der Waals surface area contributed by atoms with Crippen LogP contribution in [-0.2, 0) is 4.79 Å². The average Bonchev–Trinajstić information content (AvgIpc) is 3.23. The number of nitriles is 1. The van der Waals surface area contributed by atoms with Gasteiger partial charge in [0.2, 0.25) is 5.91 Å². The Morgan fingerprint density at radius 2 is 1.96 bits per heavy atom. The van der Waals surface area contributed by atoms with Gasteiger partial charge in [0.15, 0.2) is 11.5 Å². The fourth-order valence-corrected chi connectivity index (χ4v) is 3.11. The van der Waals surface area contributed by atoms with Crippen molar-refractivity contribution in [2.24, 2.45) is 0 Å². The number of fused-ring (bicyclic) bond motifs is 1. The fraction of sp³-hybridized carbons (Fsp3) is 0.0500. The molecule has 0 aliphatic rings. The standard InChI is InChI=1S/C20H15ClN6O/c1-12(28)24-15-8-6-13(7-9-15)18-20(25-17-5-3-2-4-16(17)21)27-19(26-18)14(10-22)11-23-27/h2-9,11,23,25H,1H3,(H,24,28). The van der Waals surface area contributed by atoms with Crippen molar-refractivity contribution in [1.82, 2.24) is 14.6 Å². The van der Waals surface area contributed by atoms with Crippen LogP contribution in [0, 0.1) is 11.3 Å². The van der Waals surface area contributed by atoms with Gasteiger partial charge < -0.3 is 10.6 Å². The third-order valence-electron chi connectivity index (χ3n) is 4.18. The van der Waals surface area contributed by atoms with Gasteiger partial charge in [-0.1, -0.05) is 35.9 Å². The molecule has 2 heterocycles. The summed E-state index contributed by atoms with van der Waals surface area (Å²) in [6.45, 7) is 1.46. The molecule has 0 bridgehead atoms. The molecule has 28 heavy (non-hydrogen) atoms. The molecule has 4 aromatic rings. The third-order valence-corrected chi connectivity index (χ3v) is 4.51. The molecular formula is C20H15ClN6O. The Morgan fingerprint density at radius 3 is 2.64 bits per heavy atom. The molecule has 0 aliphatic heterocycles. The molecule has 0 aliphatic carbocycles. The molecule has 0 saturated carbocycles. The highest BCUT2D eigenvalue weighted by Gasteiger charge is 2.19. The number of nitrogens with one attached hydrogen (secondary N) is 3. The number of hydrogen-bond acceptors (Lipinski definition) is 4. The fourth-order valence-electron chi connectivity index (χ4n) is 2.92. The van der Waals surface area contributed by atoms with Crippen molar-refractivity contribution < 1.29 is 4.79 Å². The van der Waals surface area contributed by atoms with E-state index in [0.717, 1.165) is 11.3 Å². The number of H-pyrrole nitrogens is 1. The van der Waals surface area contributed by atoms with E-state index in [9.17, 15) is 10.1 Å². The van der Waals surface area contributed by atoms with E-state index in [4.69, 9.17) is 11.6 Å². The summed E-state index contributed by atoms with van der Waals surface area (Å²) in [6, 6.07) is 16.8. The van der Waals surface area contributed by atoms with Crippen molar-refractivity contribution in [3.63, 3.8) is 0 Å². The number of carbonyl (C=O) groups excluding carboxylic acids is 1. The number of amides is 1. The predicted octanol–water partition coefficient (Wildman–Crippen LogP) is 4.56. The number of benzene rings is 2. The zero-order valence-corrected chi connectivity index (χ0v) is 15.6. The molecule has 3 N–H and O–H groups in total. The second-order valence-electron chi connectivity index (χ2n) is 6.13. The third kappa shape index (κ3) is 3.17. The highest BCUT2D eigenvalue weighted by atomic mass is 35.5. The van der Waals surface area contributed by atoms with Crippen molar-refractivity contribution in [3.8, 4) is 17.3 Å². The summed E-state index contributed by atoms with van der Waals surface area (Å²) in [6.07, 6.45) is 1.60. The lowest BCUT2D eigenvalue weighted by Gasteiger charge is -2.10. The van der Waals surface area contributed by atoms with E-state index in [1.807, 2.05) is 30.3 Å². The quantitative estimate of drug-likeness (QED) is 0.475. The maximum atomic E-state index is 11.2. The first-order valence-corrected chi connectivity index (χ1v) is 8.84. The molecule has 0 atom stereocenters. The van der Waals surface area contributed by atoms with E-state index in [0.29, 0.717) is 33.4 Å². The molecule has 8 heteroatoms. The molecule has 138 valence electrons. The number of nitrogens with zero attached hydrogens (tertiary/aromatic N) is 3. The van der Waals surface area contributed by atoms with Crippen molar-refractivity contribution in [2.75, 3.05) is 10.6 Å². The van der Waals surface area contributed by atoms with Crippen LogP contribution < -0.4 is 10.6 Å². The summed E-state index contributed by atoms with van der Waals surface area (Å²) in [5, 5.41) is 19.0. The summed E-state index contributed by atoms with van der Waals surface area (Å²) < 4.78 is 1.71. The SMILES string of the molecule is CC(=O)Nc1ccc(-c2nc3c(C#N)c[nH]n3c2Nc2ccccc2Cl)cc1. The Morgan fingerprint density at radius 1 is 1.21 bits per heavy atom. The van der Waals surface area contributed by atoms with Crippen molar-refractivity contribution in [2.45, 2.75) is 6.92 Å². The Labute approximate surface area is 165 Å². The minimum absolute atomic E-state index is 0.136. The smallest absolute Gasteiger partial charge is 0.221 e. The van der Waals surface area contributed by atoms with Gasteiger partial charge >= 0.3 is 0 Å². The van der Waals surface area contributed by atoms with Crippen molar-refractivity contribution in [3.05, 3.63) is 65.3 Å². The van der Waals surface area contributed by atoms with Gasteiger partial charge in [0.1, 0.15) is 17.3 Å². The highest BCUT2D eigenvalue weighted by molar-refractivity contribution is 6.33. The molecule has 0 spiro atoms. The van der Waals surface area contributed by atoms with Gasteiger partial charge in [-0.15, -0.1) is 0 Å². The number of para-hydroxylation sites is 1. The van der Waals surface area contributed by atoms with Crippen molar-refractivity contribution in [1.29, 1.82) is 5.26 Å².